The Bertz CT molecular complexity index is 979. The van der Waals surface area contributed by atoms with E-state index in [1.165, 1.54) is 10.4 Å². The van der Waals surface area contributed by atoms with Gasteiger partial charge in [0.1, 0.15) is 0 Å². The summed E-state index contributed by atoms with van der Waals surface area (Å²) in [6.07, 6.45) is 0. The first kappa shape index (κ1) is 20.9. The molecule has 1 amide bonds. The van der Waals surface area contributed by atoms with E-state index in [0.29, 0.717) is 31.9 Å². The van der Waals surface area contributed by atoms with Gasteiger partial charge in [0.15, 0.2) is 0 Å². The molecule has 9 heteroatoms. The van der Waals surface area contributed by atoms with Gasteiger partial charge in [-0.25, -0.2) is 13.4 Å². The van der Waals surface area contributed by atoms with E-state index in [-0.39, 0.29) is 16.8 Å². The quantitative estimate of drug-likeness (QED) is 0.799. The Morgan fingerprint density at radius 2 is 1.93 bits per heavy atom. The predicted octanol–water partition coefficient (Wildman–Crippen LogP) is 2.58. The maximum absolute atomic E-state index is 12.9. The lowest BCUT2D eigenvalue weighted by Crippen LogP contribution is -2.40. The molecular weight excluding hydrogens is 398 g/mol. The molecule has 1 aromatic heterocycles. The Hall–Kier alpha value is -1.81. The summed E-state index contributed by atoms with van der Waals surface area (Å²) in [5.74, 6) is -0.297. The first-order chi connectivity index (χ1) is 13.2. The maximum Gasteiger partial charge on any atom is 0.252 e. The fourth-order valence-corrected chi connectivity index (χ4v) is 5.60. The molecule has 0 spiro atoms. The van der Waals surface area contributed by atoms with Gasteiger partial charge in [-0.1, -0.05) is 6.07 Å². The number of carbonyl (C=O) groups excluding carboxylic acids is 1. The van der Waals surface area contributed by atoms with E-state index < -0.39 is 10.0 Å². The molecule has 1 saturated heterocycles. The highest BCUT2D eigenvalue weighted by molar-refractivity contribution is 7.89. The van der Waals surface area contributed by atoms with Gasteiger partial charge in [-0.3, -0.25) is 4.79 Å². The molecule has 3 rings (SSSR count). The summed E-state index contributed by atoms with van der Waals surface area (Å²) in [5.41, 5.74) is 1.98. The van der Waals surface area contributed by atoms with Crippen molar-refractivity contribution in [2.24, 2.45) is 0 Å². The molecule has 1 unspecified atom stereocenters. The fraction of sp³-hybridized carbons (Fsp3) is 0.474. The van der Waals surface area contributed by atoms with Crippen LogP contribution in [0.25, 0.3) is 0 Å². The summed E-state index contributed by atoms with van der Waals surface area (Å²) >= 11 is 1.55. The van der Waals surface area contributed by atoms with E-state index >= 15 is 0 Å². The molecule has 0 radical (unpaired) electrons. The second kappa shape index (κ2) is 8.28. The average molecular weight is 424 g/mol. The van der Waals surface area contributed by atoms with Crippen molar-refractivity contribution in [3.63, 3.8) is 0 Å². The molecular formula is C19H25N3O4S2. The van der Waals surface area contributed by atoms with Crippen LogP contribution in [0, 0.1) is 20.8 Å². The Labute approximate surface area is 169 Å². The van der Waals surface area contributed by atoms with Crippen molar-refractivity contribution in [1.29, 1.82) is 0 Å². The summed E-state index contributed by atoms with van der Waals surface area (Å²) in [5, 5.41) is 3.92. The summed E-state index contributed by atoms with van der Waals surface area (Å²) in [4.78, 5) is 18.4. The molecule has 0 bridgehead atoms. The van der Waals surface area contributed by atoms with E-state index in [1.54, 1.807) is 30.4 Å². The molecule has 28 heavy (non-hydrogen) atoms. The standard InChI is InChI=1S/C19H25N3O4S2/c1-12-5-6-16(28(24,25)22-7-9-26-10-8-22)11-17(12)19(23)21-14(3)18-13(2)20-15(4)27-18/h5-6,11,14H,7-10H2,1-4H3,(H,21,23). The highest BCUT2D eigenvalue weighted by Crippen LogP contribution is 2.26. The van der Waals surface area contributed by atoms with Crippen molar-refractivity contribution in [3.05, 3.63) is 44.9 Å². The fourth-order valence-electron chi connectivity index (χ4n) is 3.23. The van der Waals surface area contributed by atoms with Gasteiger partial charge in [-0.15, -0.1) is 11.3 Å². The number of morpholine rings is 1. The molecule has 0 aliphatic carbocycles. The van der Waals surface area contributed by atoms with Crippen LogP contribution >= 0.6 is 11.3 Å². The summed E-state index contributed by atoms with van der Waals surface area (Å²) in [6.45, 7) is 8.95. The first-order valence-electron chi connectivity index (χ1n) is 9.13. The van der Waals surface area contributed by atoms with Gasteiger partial charge in [0.25, 0.3) is 5.91 Å². The normalized spacial score (nSPS) is 16.7. The van der Waals surface area contributed by atoms with Crippen LogP contribution in [0.3, 0.4) is 0 Å². The number of hydrogen-bond donors (Lipinski definition) is 1. The van der Waals surface area contributed by atoms with Crippen LogP contribution in [0.15, 0.2) is 23.1 Å². The molecule has 1 aliphatic rings. The summed E-state index contributed by atoms with van der Waals surface area (Å²) in [7, 11) is -3.65. The van der Waals surface area contributed by atoms with Gasteiger partial charge in [0.2, 0.25) is 10.0 Å². The summed E-state index contributed by atoms with van der Waals surface area (Å²) < 4.78 is 32.4. The minimum atomic E-state index is -3.65. The van der Waals surface area contributed by atoms with Crippen LogP contribution < -0.4 is 5.32 Å². The predicted molar refractivity (Wildman–Crippen MR) is 108 cm³/mol. The van der Waals surface area contributed by atoms with E-state index in [0.717, 1.165) is 21.1 Å². The number of sulfonamides is 1. The maximum atomic E-state index is 12.9. The van der Waals surface area contributed by atoms with Crippen molar-refractivity contribution in [2.75, 3.05) is 26.3 Å². The average Bonchev–Trinajstić information content (AvgIpc) is 3.00. The van der Waals surface area contributed by atoms with Gasteiger partial charge < -0.3 is 10.1 Å². The Morgan fingerprint density at radius 3 is 2.54 bits per heavy atom. The van der Waals surface area contributed by atoms with Crippen molar-refractivity contribution < 1.29 is 17.9 Å². The number of aromatic nitrogens is 1. The van der Waals surface area contributed by atoms with E-state index in [4.69, 9.17) is 4.74 Å². The van der Waals surface area contributed by atoms with Crippen LogP contribution in [-0.4, -0.2) is 49.9 Å². The topological polar surface area (TPSA) is 88.6 Å². The van der Waals surface area contributed by atoms with Gasteiger partial charge >= 0.3 is 0 Å². The minimum Gasteiger partial charge on any atom is -0.379 e. The number of ether oxygens (including phenoxy) is 1. The third-order valence-electron chi connectivity index (χ3n) is 4.74. The number of hydrogen-bond acceptors (Lipinski definition) is 6. The van der Waals surface area contributed by atoms with Crippen molar-refractivity contribution >= 4 is 27.3 Å². The van der Waals surface area contributed by atoms with Crippen LogP contribution in [0.4, 0.5) is 0 Å². The highest BCUT2D eigenvalue weighted by atomic mass is 32.2. The van der Waals surface area contributed by atoms with Crippen LogP contribution in [0.5, 0.6) is 0 Å². The number of nitrogens with one attached hydrogen (secondary N) is 1. The number of thiazole rings is 1. The third kappa shape index (κ3) is 4.27. The molecule has 152 valence electrons. The van der Waals surface area contributed by atoms with Gasteiger partial charge in [-0.2, -0.15) is 4.31 Å². The third-order valence-corrected chi connectivity index (χ3v) is 7.89. The first-order valence-corrected chi connectivity index (χ1v) is 11.4. The van der Waals surface area contributed by atoms with E-state index in [9.17, 15) is 13.2 Å². The highest BCUT2D eigenvalue weighted by Gasteiger charge is 2.27. The SMILES string of the molecule is Cc1nc(C)c(C(C)NC(=O)c2cc(S(=O)(=O)N3CCOCC3)ccc2C)s1. The van der Waals surface area contributed by atoms with Crippen LogP contribution in [0.1, 0.15) is 44.5 Å². The Balaban J connectivity index is 1.84. The number of nitrogens with zero attached hydrogens (tertiary/aromatic N) is 2. The lowest BCUT2D eigenvalue weighted by molar-refractivity contribution is 0.0730. The number of carbonyl (C=O) groups is 1. The molecule has 1 aromatic carbocycles. The van der Waals surface area contributed by atoms with Gasteiger partial charge in [0, 0.05) is 23.5 Å². The second-order valence-electron chi connectivity index (χ2n) is 6.87. The van der Waals surface area contributed by atoms with Gasteiger partial charge in [-0.05, 0) is 45.4 Å². The number of amides is 1. The molecule has 2 heterocycles. The number of aryl methyl sites for hydroxylation is 3. The Morgan fingerprint density at radius 1 is 1.25 bits per heavy atom. The van der Waals surface area contributed by atoms with E-state index in [1.807, 2.05) is 20.8 Å². The lowest BCUT2D eigenvalue weighted by atomic mass is 10.1. The van der Waals surface area contributed by atoms with Gasteiger partial charge in [0.05, 0.1) is 34.9 Å². The van der Waals surface area contributed by atoms with Crippen LogP contribution in [0.2, 0.25) is 0 Å². The molecule has 0 saturated carbocycles. The van der Waals surface area contributed by atoms with E-state index in [2.05, 4.69) is 10.3 Å². The minimum absolute atomic E-state index is 0.127. The largest absolute Gasteiger partial charge is 0.379 e. The summed E-state index contributed by atoms with van der Waals surface area (Å²) in [6, 6.07) is 4.48. The van der Waals surface area contributed by atoms with Crippen molar-refractivity contribution in [2.45, 2.75) is 38.6 Å². The molecule has 1 N–H and O–H groups in total. The zero-order valence-corrected chi connectivity index (χ0v) is 18.1. The zero-order chi connectivity index (χ0) is 20.5. The molecule has 7 nitrogen and oxygen atoms in total. The second-order valence-corrected chi connectivity index (χ2v) is 10.0. The molecule has 1 fully saturated rings. The monoisotopic (exact) mass is 423 g/mol. The Kier molecular flexibility index (Phi) is 6.18. The van der Waals surface area contributed by atoms with Crippen molar-refractivity contribution in [3.8, 4) is 0 Å². The lowest BCUT2D eigenvalue weighted by Gasteiger charge is -2.26. The zero-order valence-electron chi connectivity index (χ0n) is 16.5. The number of benzene rings is 1. The van der Waals surface area contributed by atoms with Crippen LogP contribution in [-0.2, 0) is 14.8 Å². The number of rotatable bonds is 5. The van der Waals surface area contributed by atoms with Crippen molar-refractivity contribution in [1.82, 2.24) is 14.6 Å². The molecule has 2 aromatic rings. The smallest absolute Gasteiger partial charge is 0.252 e. The molecule has 1 atom stereocenters. The molecule has 1 aliphatic heterocycles.